The summed E-state index contributed by atoms with van der Waals surface area (Å²) in [6, 6.07) is 16.1. The van der Waals surface area contributed by atoms with Crippen LogP contribution in [0.5, 0.6) is 0 Å². The molecule has 2 aromatic heterocycles. The second-order valence-corrected chi connectivity index (χ2v) is 11.0. The first-order valence-corrected chi connectivity index (χ1v) is 13.1. The van der Waals surface area contributed by atoms with E-state index in [9.17, 15) is 9.18 Å². The number of benzene rings is 2. The first kappa shape index (κ1) is 23.0. The third kappa shape index (κ3) is 3.92. The molecule has 4 aromatic rings. The number of hydrogen-bond acceptors (Lipinski definition) is 3. The quantitative estimate of drug-likeness (QED) is 0.345. The molecule has 2 aliphatic rings. The van der Waals surface area contributed by atoms with Gasteiger partial charge in [-0.25, -0.2) is 9.18 Å². The molecule has 2 aromatic carbocycles. The van der Waals surface area contributed by atoms with Gasteiger partial charge in [-0.05, 0) is 86.0 Å². The Labute approximate surface area is 214 Å². The van der Waals surface area contributed by atoms with E-state index in [2.05, 4.69) is 41.0 Å². The summed E-state index contributed by atoms with van der Waals surface area (Å²) in [5, 5.41) is 4.33. The Hall–Kier alpha value is -3.42. The van der Waals surface area contributed by atoms with Gasteiger partial charge >= 0.3 is 6.03 Å². The number of aryl methyl sites for hydroxylation is 2. The van der Waals surface area contributed by atoms with Crippen molar-refractivity contribution < 1.29 is 9.18 Å². The number of likely N-dealkylation sites (N-methyl/N-ethyl adjacent to an activating group) is 1. The van der Waals surface area contributed by atoms with Gasteiger partial charge in [-0.1, -0.05) is 18.2 Å². The van der Waals surface area contributed by atoms with Crippen LogP contribution in [-0.2, 0) is 19.5 Å². The highest BCUT2D eigenvalue weighted by atomic mass is 32.1. The number of urea groups is 1. The molecular formula is C29H29FN4OS. The highest BCUT2D eigenvalue weighted by Gasteiger charge is 2.36. The number of nitrogens with one attached hydrogen (secondary N) is 1. The van der Waals surface area contributed by atoms with Gasteiger partial charge in [0.05, 0.1) is 18.3 Å². The molecule has 36 heavy (non-hydrogen) atoms. The summed E-state index contributed by atoms with van der Waals surface area (Å²) in [7, 11) is 2.16. The van der Waals surface area contributed by atoms with Crippen LogP contribution < -0.4 is 5.32 Å². The van der Waals surface area contributed by atoms with Gasteiger partial charge in [-0.15, -0.1) is 11.3 Å². The standard InChI is InChI=1S/C29H29FN4OS/c1-18-6-11-22(15-19(18)2)31-29(35)34-16-24-23-12-14-32(3)17-26(23)36-28(24)33-13-4-5-25(33)27(34)20-7-9-21(30)10-8-20/h4-11,13,15,27H,12,14,16-17H2,1-3H3,(H,31,35)/t27-/m1/s1. The minimum atomic E-state index is -0.353. The van der Waals surface area contributed by atoms with Crippen molar-refractivity contribution in [3.8, 4) is 5.00 Å². The average molecular weight is 501 g/mol. The van der Waals surface area contributed by atoms with Crippen LogP contribution >= 0.6 is 11.3 Å². The molecular weight excluding hydrogens is 471 g/mol. The normalized spacial score (nSPS) is 17.2. The number of rotatable bonds is 2. The lowest BCUT2D eigenvalue weighted by atomic mass is 10.0. The summed E-state index contributed by atoms with van der Waals surface area (Å²) >= 11 is 1.83. The van der Waals surface area contributed by atoms with Crippen LogP contribution in [0.1, 0.15) is 44.4 Å². The first-order chi connectivity index (χ1) is 17.4. The molecule has 0 radical (unpaired) electrons. The van der Waals surface area contributed by atoms with Gasteiger partial charge in [-0.3, -0.25) is 0 Å². The molecule has 5 nitrogen and oxygen atoms in total. The van der Waals surface area contributed by atoms with Crippen LogP contribution in [-0.4, -0.2) is 34.0 Å². The summed E-state index contributed by atoms with van der Waals surface area (Å²) in [6.45, 7) is 6.54. The average Bonchev–Trinajstić information content (AvgIpc) is 3.43. The zero-order valence-electron chi connectivity index (χ0n) is 20.7. The maximum Gasteiger partial charge on any atom is 0.322 e. The zero-order chi connectivity index (χ0) is 25.0. The van der Waals surface area contributed by atoms with Crippen molar-refractivity contribution in [2.75, 3.05) is 18.9 Å². The fourth-order valence-electron chi connectivity index (χ4n) is 5.36. The number of thiophene rings is 1. The fraction of sp³-hybridized carbons (Fsp3) is 0.276. The molecule has 0 saturated heterocycles. The molecule has 2 amide bonds. The van der Waals surface area contributed by atoms with Crippen molar-refractivity contribution in [2.24, 2.45) is 0 Å². The molecule has 0 bridgehead atoms. The Balaban J connectivity index is 1.48. The van der Waals surface area contributed by atoms with Crippen LogP contribution in [0.25, 0.3) is 5.00 Å². The van der Waals surface area contributed by atoms with Crippen molar-refractivity contribution in [1.29, 1.82) is 0 Å². The number of aromatic nitrogens is 1. The summed E-state index contributed by atoms with van der Waals surface area (Å²) < 4.78 is 16.1. The van der Waals surface area contributed by atoms with Gasteiger partial charge < -0.3 is 19.7 Å². The number of carbonyl (C=O) groups excluding carboxylic acids is 1. The zero-order valence-corrected chi connectivity index (χ0v) is 21.5. The molecule has 184 valence electrons. The van der Waals surface area contributed by atoms with Crippen molar-refractivity contribution in [1.82, 2.24) is 14.4 Å². The third-order valence-electron chi connectivity index (χ3n) is 7.46. The monoisotopic (exact) mass is 500 g/mol. The van der Waals surface area contributed by atoms with Crippen molar-refractivity contribution in [3.63, 3.8) is 0 Å². The van der Waals surface area contributed by atoms with Gasteiger partial charge in [0.15, 0.2) is 0 Å². The number of anilines is 1. The van der Waals surface area contributed by atoms with Crippen LogP contribution in [0.4, 0.5) is 14.9 Å². The molecule has 0 fully saturated rings. The topological polar surface area (TPSA) is 40.5 Å². The van der Waals surface area contributed by atoms with Crippen LogP contribution in [0, 0.1) is 19.7 Å². The number of halogens is 1. The highest BCUT2D eigenvalue weighted by Crippen LogP contribution is 2.43. The predicted molar refractivity (Wildman–Crippen MR) is 142 cm³/mol. The van der Waals surface area contributed by atoms with E-state index >= 15 is 0 Å². The van der Waals surface area contributed by atoms with Gasteiger partial charge in [-0.2, -0.15) is 0 Å². The molecule has 7 heteroatoms. The fourth-order valence-corrected chi connectivity index (χ4v) is 6.80. The molecule has 4 heterocycles. The summed E-state index contributed by atoms with van der Waals surface area (Å²) in [5.41, 5.74) is 7.57. The first-order valence-electron chi connectivity index (χ1n) is 12.3. The molecule has 0 unspecified atom stereocenters. The van der Waals surface area contributed by atoms with Crippen LogP contribution in [0.15, 0.2) is 60.8 Å². The molecule has 0 saturated carbocycles. The third-order valence-corrected chi connectivity index (χ3v) is 8.72. The number of carbonyl (C=O) groups is 1. The van der Waals surface area contributed by atoms with Gasteiger partial charge in [0, 0.05) is 35.4 Å². The second-order valence-electron chi connectivity index (χ2n) is 9.89. The summed E-state index contributed by atoms with van der Waals surface area (Å²) in [4.78, 5) is 19.6. The van der Waals surface area contributed by atoms with Gasteiger partial charge in [0.25, 0.3) is 0 Å². The van der Waals surface area contributed by atoms with E-state index < -0.39 is 0 Å². The lowest BCUT2D eigenvalue weighted by molar-refractivity contribution is 0.194. The Morgan fingerprint density at radius 1 is 1.03 bits per heavy atom. The van der Waals surface area contributed by atoms with E-state index in [1.54, 1.807) is 12.1 Å². The minimum absolute atomic E-state index is 0.166. The van der Waals surface area contributed by atoms with E-state index in [-0.39, 0.29) is 17.9 Å². The number of hydrogen-bond donors (Lipinski definition) is 1. The molecule has 1 N–H and O–H groups in total. The van der Waals surface area contributed by atoms with E-state index in [4.69, 9.17) is 0 Å². The molecule has 2 aliphatic heterocycles. The maximum atomic E-state index is 14.0. The molecule has 6 rings (SSSR count). The lowest BCUT2D eigenvalue weighted by Gasteiger charge is -2.32. The van der Waals surface area contributed by atoms with Crippen molar-refractivity contribution in [3.05, 3.63) is 105 Å². The minimum Gasteiger partial charge on any atom is -0.310 e. The number of nitrogens with zero attached hydrogens (tertiary/aromatic N) is 3. The summed E-state index contributed by atoms with van der Waals surface area (Å²) in [6.07, 6.45) is 3.06. The lowest BCUT2D eigenvalue weighted by Crippen LogP contribution is -2.38. The van der Waals surface area contributed by atoms with E-state index in [1.165, 1.54) is 38.7 Å². The number of fused-ring (bicyclic) bond motifs is 5. The van der Waals surface area contributed by atoms with E-state index in [0.717, 1.165) is 42.0 Å². The van der Waals surface area contributed by atoms with Gasteiger partial charge in [0.2, 0.25) is 0 Å². The Kier molecular flexibility index (Phi) is 5.69. The van der Waals surface area contributed by atoms with Crippen molar-refractivity contribution >= 4 is 23.1 Å². The maximum absolute atomic E-state index is 14.0. The highest BCUT2D eigenvalue weighted by molar-refractivity contribution is 7.15. The number of amides is 2. The second kappa shape index (κ2) is 8.91. The van der Waals surface area contributed by atoms with Gasteiger partial charge in [0.1, 0.15) is 10.8 Å². The van der Waals surface area contributed by atoms with E-state index in [0.29, 0.717) is 6.54 Å². The Morgan fingerprint density at radius 3 is 2.61 bits per heavy atom. The van der Waals surface area contributed by atoms with Crippen molar-refractivity contribution in [2.45, 2.75) is 39.4 Å². The van der Waals surface area contributed by atoms with Crippen LogP contribution in [0.3, 0.4) is 0 Å². The smallest absolute Gasteiger partial charge is 0.310 e. The SMILES string of the molecule is Cc1ccc(NC(=O)N2Cc3c(sc4c3CCN(C)C4)-n3cccc3[C@H]2c2ccc(F)cc2)cc1C. The summed E-state index contributed by atoms with van der Waals surface area (Å²) in [5.74, 6) is -0.286. The Bertz CT molecular complexity index is 1450. The van der Waals surface area contributed by atoms with Crippen LogP contribution in [0.2, 0.25) is 0 Å². The molecule has 0 aliphatic carbocycles. The largest absolute Gasteiger partial charge is 0.322 e. The molecule has 0 spiro atoms. The Morgan fingerprint density at radius 2 is 1.83 bits per heavy atom. The molecule has 1 atom stereocenters. The van der Waals surface area contributed by atoms with E-state index in [1.807, 2.05) is 47.4 Å². The predicted octanol–water partition coefficient (Wildman–Crippen LogP) is 6.42.